The van der Waals surface area contributed by atoms with Crippen molar-refractivity contribution in [3.05, 3.63) is 53.6 Å². The van der Waals surface area contributed by atoms with Crippen molar-refractivity contribution in [1.29, 1.82) is 0 Å². The minimum absolute atomic E-state index is 0.0197. The van der Waals surface area contributed by atoms with Gasteiger partial charge in [0.05, 0.1) is 6.10 Å². The molecule has 0 saturated heterocycles. The zero-order valence-corrected chi connectivity index (χ0v) is 14.1. The van der Waals surface area contributed by atoms with Crippen LogP contribution in [0.15, 0.2) is 42.5 Å². The van der Waals surface area contributed by atoms with Crippen molar-refractivity contribution >= 4 is 11.6 Å². The number of rotatable bonds is 6. The van der Waals surface area contributed by atoms with Crippen molar-refractivity contribution in [2.75, 3.05) is 11.9 Å². The molecule has 2 rings (SSSR count). The maximum atomic E-state index is 12.0. The maximum absolute atomic E-state index is 12.0. The summed E-state index contributed by atoms with van der Waals surface area (Å²) in [7, 11) is 0. The molecular weight excluding hydrogens is 290 g/mol. The second-order valence-corrected chi connectivity index (χ2v) is 5.80. The lowest BCUT2D eigenvalue weighted by Gasteiger charge is -2.12. The zero-order valence-electron chi connectivity index (χ0n) is 14.1. The molecule has 0 aliphatic carbocycles. The summed E-state index contributed by atoms with van der Waals surface area (Å²) in [5.74, 6) is 1.32. The first-order valence-corrected chi connectivity index (χ1v) is 7.70. The normalized spacial score (nSPS) is 10.5. The molecule has 2 aromatic rings. The molecule has 0 aromatic heterocycles. The fourth-order valence-electron chi connectivity index (χ4n) is 2.19. The molecule has 122 valence electrons. The van der Waals surface area contributed by atoms with E-state index in [1.807, 2.05) is 70.2 Å². The van der Waals surface area contributed by atoms with Crippen molar-refractivity contribution in [2.24, 2.45) is 0 Å². The number of ether oxygens (including phenoxy) is 2. The van der Waals surface area contributed by atoms with Crippen molar-refractivity contribution in [1.82, 2.24) is 0 Å². The van der Waals surface area contributed by atoms with Gasteiger partial charge in [0.25, 0.3) is 5.91 Å². The first kappa shape index (κ1) is 16.9. The predicted molar refractivity (Wildman–Crippen MR) is 92.2 cm³/mol. The van der Waals surface area contributed by atoms with Gasteiger partial charge in [-0.05, 0) is 63.6 Å². The van der Waals surface area contributed by atoms with E-state index < -0.39 is 0 Å². The Bertz CT molecular complexity index is 663. The van der Waals surface area contributed by atoms with Gasteiger partial charge in [-0.25, -0.2) is 0 Å². The number of hydrogen-bond acceptors (Lipinski definition) is 3. The summed E-state index contributed by atoms with van der Waals surface area (Å²) >= 11 is 0. The molecule has 0 radical (unpaired) electrons. The molecule has 0 saturated carbocycles. The number of carbonyl (C=O) groups excluding carboxylic acids is 1. The highest BCUT2D eigenvalue weighted by Crippen LogP contribution is 2.19. The van der Waals surface area contributed by atoms with Crippen molar-refractivity contribution < 1.29 is 14.3 Å². The molecular formula is C19H23NO3. The number of hydrogen-bond donors (Lipinski definition) is 1. The highest BCUT2D eigenvalue weighted by Gasteiger charge is 2.06. The summed E-state index contributed by atoms with van der Waals surface area (Å²) in [5.41, 5.74) is 2.91. The minimum atomic E-state index is -0.192. The van der Waals surface area contributed by atoms with Crippen LogP contribution in [0, 0.1) is 13.8 Å². The van der Waals surface area contributed by atoms with Crippen molar-refractivity contribution in [3.63, 3.8) is 0 Å². The number of aryl methyl sites for hydroxylation is 2. The molecule has 0 atom stereocenters. The average Bonchev–Trinajstić information content (AvgIpc) is 2.48. The third kappa shape index (κ3) is 5.33. The molecule has 1 N–H and O–H groups in total. The largest absolute Gasteiger partial charge is 0.491 e. The fraction of sp³-hybridized carbons (Fsp3) is 0.316. The smallest absolute Gasteiger partial charge is 0.262 e. The Hall–Kier alpha value is -2.49. The Kier molecular flexibility index (Phi) is 5.63. The fourth-order valence-corrected chi connectivity index (χ4v) is 2.19. The third-order valence-electron chi connectivity index (χ3n) is 3.20. The van der Waals surface area contributed by atoms with Crippen LogP contribution in [0.2, 0.25) is 0 Å². The molecule has 4 heteroatoms. The highest BCUT2D eigenvalue weighted by molar-refractivity contribution is 5.91. The molecule has 0 bridgehead atoms. The van der Waals surface area contributed by atoms with E-state index in [1.54, 1.807) is 0 Å². The zero-order chi connectivity index (χ0) is 16.8. The Labute approximate surface area is 137 Å². The number of carbonyl (C=O) groups is 1. The maximum Gasteiger partial charge on any atom is 0.262 e. The van der Waals surface area contributed by atoms with Crippen LogP contribution in [0.5, 0.6) is 11.5 Å². The van der Waals surface area contributed by atoms with Crippen LogP contribution in [0.1, 0.15) is 25.0 Å². The van der Waals surface area contributed by atoms with Gasteiger partial charge in [-0.1, -0.05) is 17.7 Å². The average molecular weight is 313 g/mol. The molecule has 4 nitrogen and oxygen atoms in total. The molecule has 0 fully saturated rings. The summed E-state index contributed by atoms with van der Waals surface area (Å²) < 4.78 is 11.1. The van der Waals surface area contributed by atoms with E-state index >= 15 is 0 Å². The minimum Gasteiger partial charge on any atom is -0.491 e. The van der Waals surface area contributed by atoms with Gasteiger partial charge < -0.3 is 14.8 Å². The Morgan fingerprint density at radius 2 is 1.78 bits per heavy atom. The SMILES string of the molecule is Cc1ccc(OCC(=O)Nc2ccc(OC(C)C)cc2)c(C)c1. The summed E-state index contributed by atoms with van der Waals surface area (Å²) in [6, 6.07) is 13.2. The van der Waals surface area contributed by atoms with E-state index in [0.29, 0.717) is 0 Å². The Morgan fingerprint density at radius 1 is 1.09 bits per heavy atom. The van der Waals surface area contributed by atoms with E-state index in [0.717, 1.165) is 22.7 Å². The van der Waals surface area contributed by atoms with Crippen molar-refractivity contribution in [2.45, 2.75) is 33.8 Å². The van der Waals surface area contributed by atoms with Crippen molar-refractivity contribution in [3.8, 4) is 11.5 Å². The Morgan fingerprint density at radius 3 is 2.39 bits per heavy atom. The van der Waals surface area contributed by atoms with Gasteiger partial charge in [0.1, 0.15) is 11.5 Å². The van der Waals surface area contributed by atoms with Gasteiger partial charge in [0, 0.05) is 5.69 Å². The van der Waals surface area contributed by atoms with E-state index in [1.165, 1.54) is 5.56 Å². The summed E-state index contributed by atoms with van der Waals surface area (Å²) in [5, 5.41) is 2.80. The van der Waals surface area contributed by atoms with Gasteiger partial charge in [-0.3, -0.25) is 4.79 Å². The highest BCUT2D eigenvalue weighted by atomic mass is 16.5. The predicted octanol–water partition coefficient (Wildman–Crippen LogP) is 4.11. The molecule has 1 amide bonds. The lowest BCUT2D eigenvalue weighted by molar-refractivity contribution is -0.118. The monoisotopic (exact) mass is 313 g/mol. The second-order valence-electron chi connectivity index (χ2n) is 5.80. The molecule has 0 spiro atoms. The second kappa shape index (κ2) is 7.68. The molecule has 2 aromatic carbocycles. The van der Waals surface area contributed by atoms with Crippen LogP contribution in [-0.4, -0.2) is 18.6 Å². The van der Waals surface area contributed by atoms with Crippen LogP contribution in [-0.2, 0) is 4.79 Å². The lowest BCUT2D eigenvalue weighted by atomic mass is 10.1. The molecule has 0 unspecified atom stereocenters. The van der Waals surface area contributed by atoms with Gasteiger partial charge in [0.2, 0.25) is 0 Å². The molecule has 0 aliphatic rings. The molecule has 23 heavy (non-hydrogen) atoms. The van der Waals surface area contributed by atoms with E-state index in [4.69, 9.17) is 9.47 Å². The van der Waals surface area contributed by atoms with Gasteiger partial charge >= 0.3 is 0 Å². The van der Waals surface area contributed by atoms with Gasteiger partial charge in [-0.15, -0.1) is 0 Å². The van der Waals surface area contributed by atoms with Gasteiger partial charge in [-0.2, -0.15) is 0 Å². The van der Waals surface area contributed by atoms with E-state index in [2.05, 4.69) is 5.32 Å². The van der Waals surface area contributed by atoms with Crippen LogP contribution in [0.3, 0.4) is 0 Å². The molecule has 0 heterocycles. The first-order valence-electron chi connectivity index (χ1n) is 7.70. The standard InChI is InChI=1S/C19H23NO3/c1-13(2)23-17-8-6-16(7-9-17)20-19(21)12-22-18-10-5-14(3)11-15(18)4/h5-11,13H,12H2,1-4H3,(H,20,21). The van der Waals surface area contributed by atoms with Crippen LogP contribution < -0.4 is 14.8 Å². The molecule has 0 aliphatic heterocycles. The Balaban J connectivity index is 1.87. The van der Waals surface area contributed by atoms with Gasteiger partial charge in [0.15, 0.2) is 6.61 Å². The number of benzene rings is 2. The first-order chi connectivity index (χ1) is 10.9. The summed E-state index contributed by atoms with van der Waals surface area (Å²) in [6.07, 6.45) is 0.126. The topological polar surface area (TPSA) is 47.6 Å². The third-order valence-corrected chi connectivity index (χ3v) is 3.20. The van der Waals surface area contributed by atoms with Crippen LogP contribution in [0.4, 0.5) is 5.69 Å². The number of amides is 1. The summed E-state index contributed by atoms with van der Waals surface area (Å²) in [4.78, 5) is 12.0. The number of anilines is 1. The van der Waals surface area contributed by atoms with Crippen LogP contribution in [0.25, 0.3) is 0 Å². The summed E-state index contributed by atoms with van der Waals surface area (Å²) in [6.45, 7) is 7.91. The quantitative estimate of drug-likeness (QED) is 0.873. The lowest BCUT2D eigenvalue weighted by Crippen LogP contribution is -2.20. The van der Waals surface area contributed by atoms with E-state index in [-0.39, 0.29) is 18.6 Å². The van der Waals surface area contributed by atoms with Crippen LogP contribution >= 0.6 is 0 Å². The number of nitrogens with one attached hydrogen (secondary N) is 1. The van der Waals surface area contributed by atoms with E-state index in [9.17, 15) is 4.79 Å².